The lowest BCUT2D eigenvalue weighted by Gasteiger charge is -2.16. The van der Waals surface area contributed by atoms with Gasteiger partial charge >= 0.3 is 0 Å². The van der Waals surface area contributed by atoms with E-state index >= 15 is 0 Å². The van der Waals surface area contributed by atoms with Gasteiger partial charge < -0.3 is 14.8 Å². The number of anilines is 1. The van der Waals surface area contributed by atoms with Crippen molar-refractivity contribution in [2.45, 2.75) is 20.0 Å². The molecule has 0 aliphatic carbocycles. The molecule has 1 atom stereocenters. The van der Waals surface area contributed by atoms with Crippen LogP contribution in [0.15, 0.2) is 42.5 Å². The van der Waals surface area contributed by atoms with Crippen LogP contribution in [0.1, 0.15) is 12.5 Å². The molecule has 1 N–H and O–H groups in total. The number of hydrogen-bond acceptors (Lipinski definition) is 3. The third kappa shape index (κ3) is 4.37. The summed E-state index contributed by atoms with van der Waals surface area (Å²) in [4.78, 5) is 12.3. The number of hydrogen-bond donors (Lipinski definition) is 1. The Morgan fingerprint density at radius 1 is 1.18 bits per heavy atom. The molecule has 1 amide bonds. The molecule has 5 heteroatoms. The Hall–Kier alpha value is -1.76. The van der Waals surface area contributed by atoms with Crippen LogP contribution >= 0.6 is 22.6 Å². The molecule has 0 bridgehead atoms. The number of aryl methyl sites for hydroxylation is 1. The van der Waals surface area contributed by atoms with Crippen molar-refractivity contribution in [3.63, 3.8) is 0 Å². The summed E-state index contributed by atoms with van der Waals surface area (Å²) in [5.41, 5.74) is 1.69. The third-order valence-electron chi connectivity index (χ3n) is 3.11. The molecule has 4 nitrogen and oxygen atoms in total. The van der Waals surface area contributed by atoms with E-state index in [9.17, 15) is 4.79 Å². The summed E-state index contributed by atoms with van der Waals surface area (Å²) in [6, 6.07) is 13.2. The molecule has 2 aromatic carbocycles. The highest BCUT2D eigenvalue weighted by Gasteiger charge is 2.16. The van der Waals surface area contributed by atoms with Crippen molar-refractivity contribution < 1.29 is 14.3 Å². The first-order chi connectivity index (χ1) is 10.5. The van der Waals surface area contributed by atoms with E-state index in [4.69, 9.17) is 9.47 Å². The Kier molecular flexibility index (Phi) is 5.65. The largest absolute Gasteiger partial charge is 0.495 e. The van der Waals surface area contributed by atoms with Crippen molar-refractivity contribution >= 4 is 34.2 Å². The minimum Gasteiger partial charge on any atom is -0.495 e. The van der Waals surface area contributed by atoms with E-state index in [1.54, 1.807) is 14.0 Å². The Bertz CT molecular complexity index is 655. The summed E-state index contributed by atoms with van der Waals surface area (Å²) in [5.74, 6) is 1.07. The highest BCUT2D eigenvalue weighted by atomic mass is 127. The summed E-state index contributed by atoms with van der Waals surface area (Å²) in [6.07, 6.45) is -0.606. The fourth-order valence-electron chi connectivity index (χ4n) is 1.92. The van der Waals surface area contributed by atoms with Gasteiger partial charge in [0.25, 0.3) is 5.91 Å². The molecule has 2 rings (SSSR count). The summed E-state index contributed by atoms with van der Waals surface area (Å²) in [6.45, 7) is 3.68. The smallest absolute Gasteiger partial charge is 0.265 e. The third-order valence-corrected chi connectivity index (χ3v) is 3.83. The average Bonchev–Trinajstić information content (AvgIpc) is 2.49. The molecule has 0 aliphatic rings. The second-order valence-electron chi connectivity index (χ2n) is 4.91. The number of carbonyl (C=O) groups excluding carboxylic acids is 1. The quantitative estimate of drug-likeness (QED) is 0.757. The maximum Gasteiger partial charge on any atom is 0.265 e. The molecule has 22 heavy (non-hydrogen) atoms. The lowest BCUT2D eigenvalue weighted by molar-refractivity contribution is -0.122. The van der Waals surface area contributed by atoms with Crippen LogP contribution in [0.3, 0.4) is 0 Å². The standard InChI is InChI=1S/C17H18INO3/c1-11-4-9-16(21-3)15(10-11)19-17(20)12(2)22-14-7-5-13(18)6-8-14/h4-10,12H,1-3H3,(H,19,20)/t12-/m0/s1. The fourth-order valence-corrected chi connectivity index (χ4v) is 2.28. The lowest BCUT2D eigenvalue weighted by Crippen LogP contribution is -2.30. The van der Waals surface area contributed by atoms with Gasteiger partial charge in [-0.2, -0.15) is 0 Å². The molecule has 0 aliphatic heterocycles. The van der Waals surface area contributed by atoms with Gasteiger partial charge in [0.05, 0.1) is 12.8 Å². The van der Waals surface area contributed by atoms with Crippen LogP contribution < -0.4 is 14.8 Å². The lowest BCUT2D eigenvalue weighted by atomic mass is 10.2. The Balaban J connectivity index is 2.05. The van der Waals surface area contributed by atoms with Crippen LogP contribution in [0.5, 0.6) is 11.5 Å². The molecular weight excluding hydrogens is 393 g/mol. The van der Waals surface area contributed by atoms with Crippen LogP contribution in [0.4, 0.5) is 5.69 Å². The second kappa shape index (κ2) is 7.49. The van der Waals surface area contributed by atoms with Crippen LogP contribution in [-0.4, -0.2) is 19.1 Å². The normalized spacial score (nSPS) is 11.6. The molecule has 0 heterocycles. The van der Waals surface area contributed by atoms with Crippen molar-refractivity contribution in [3.8, 4) is 11.5 Å². The highest BCUT2D eigenvalue weighted by Crippen LogP contribution is 2.25. The van der Waals surface area contributed by atoms with Crippen LogP contribution in [-0.2, 0) is 4.79 Å². The first kappa shape index (κ1) is 16.6. The van der Waals surface area contributed by atoms with Crippen LogP contribution in [0.25, 0.3) is 0 Å². The van der Waals surface area contributed by atoms with Gasteiger partial charge in [0.2, 0.25) is 0 Å². The molecule has 0 unspecified atom stereocenters. The number of amides is 1. The fraction of sp³-hybridized carbons (Fsp3) is 0.235. The van der Waals surface area contributed by atoms with Crippen molar-refractivity contribution in [1.82, 2.24) is 0 Å². The predicted octanol–water partition coefficient (Wildman–Crippen LogP) is 4.01. The highest BCUT2D eigenvalue weighted by molar-refractivity contribution is 14.1. The average molecular weight is 411 g/mol. The molecule has 0 aromatic heterocycles. The van der Waals surface area contributed by atoms with Crippen molar-refractivity contribution in [2.75, 3.05) is 12.4 Å². The van der Waals surface area contributed by atoms with E-state index in [2.05, 4.69) is 27.9 Å². The van der Waals surface area contributed by atoms with Crippen LogP contribution in [0, 0.1) is 10.5 Å². The van der Waals surface area contributed by atoms with E-state index in [0.717, 1.165) is 9.13 Å². The zero-order valence-electron chi connectivity index (χ0n) is 12.7. The van der Waals surface area contributed by atoms with Crippen molar-refractivity contribution in [1.29, 1.82) is 0 Å². The van der Waals surface area contributed by atoms with Gasteiger partial charge in [-0.25, -0.2) is 0 Å². The second-order valence-corrected chi connectivity index (χ2v) is 6.15. The number of methoxy groups -OCH3 is 1. The number of ether oxygens (including phenoxy) is 2. The maximum absolute atomic E-state index is 12.3. The van der Waals surface area contributed by atoms with Crippen molar-refractivity contribution in [2.24, 2.45) is 0 Å². The topological polar surface area (TPSA) is 47.6 Å². The first-order valence-electron chi connectivity index (χ1n) is 6.87. The van der Waals surface area contributed by atoms with Crippen LogP contribution in [0.2, 0.25) is 0 Å². The molecule has 0 spiro atoms. The molecule has 2 aromatic rings. The summed E-state index contributed by atoms with van der Waals surface area (Å²) >= 11 is 2.22. The zero-order valence-corrected chi connectivity index (χ0v) is 14.9. The zero-order chi connectivity index (χ0) is 16.1. The van der Waals surface area contributed by atoms with Gasteiger partial charge in [-0.1, -0.05) is 6.07 Å². The van der Waals surface area contributed by atoms with Gasteiger partial charge in [-0.3, -0.25) is 4.79 Å². The van der Waals surface area contributed by atoms with Crippen molar-refractivity contribution in [3.05, 3.63) is 51.6 Å². The summed E-state index contributed by atoms with van der Waals surface area (Å²) in [7, 11) is 1.58. The Morgan fingerprint density at radius 3 is 2.50 bits per heavy atom. The molecule has 116 valence electrons. The predicted molar refractivity (Wildman–Crippen MR) is 95.6 cm³/mol. The first-order valence-corrected chi connectivity index (χ1v) is 7.95. The van der Waals surface area contributed by atoms with Gasteiger partial charge in [-0.15, -0.1) is 0 Å². The monoisotopic (exact) mass is 411 g/mol. The minimum absolute atomic E-state index is 0.220. The van der Waals surface area contributed by atoms with E-state index < -0.39 is 6.10 Å². The van der Waals surface area contributed by atoms with Gasteiger partial charge in [0.15, 0.2) is 6.10 Å². The SMILES string of the molecule is COc1ccc(C)cc1NC(=O)[C@H](C)Oc1ccc(I)cc1. The Morgan fingerprint density at radius 2 is 1.86 bits per heavy atom. The molecular formula is C17H18INO3. The number of rotatable bonds is 5. The van der Waals surface area contributed by atoms with E-state index in [1.807, 2.05) is 49.4 Å². The molecule has 0 radical (unpaired) electrons. The van der Waals surface area contributed by atoms with E-state index in [0.29, 0.717) is 17.2 Å². The summed E-state index contributed by atoms with van der Waals surface area (Å²) < 4.78 is 12.0. The molecule has 0 saturated carbocycles. The molecule has 0 fully saturated rings. The summed E-state index contributed by atoms with van der Waals surface area (Å²) in [5, 5.41) is 2.84. The molecule has 0 saturated heterocycles. The number of halogens is 1. The van der Waals surface area contributed by atoms with E-state index in [-0.39, 0.29) is 5.91 Å². The maximum atomic E-state index is 12.3. The minimum atomic E-state index is -0.606. The number of nitrogens with one attached hydrogen (secondary N) is 1. The van der Waals surface area contributed by atoms with Gasteiger partial charge in [-0.05, 0) is 78.4 Å². The Labute approximate surface area is 144 Å². The number of benzene rings is 2. The van der Waals surface area contributed by atoms with E-state index in [1.165, 1.54) is 0 Å². The van der Waals surface area contributed by atoms with Gasteiger partial charge in [0, 0.05) is 3.57 Å². The van der Waals surface area contributed by atoms with Gasteiger partial charge in [0.1, 0.15) is 11.5 Å². The number of carbonyl (C=O) groups is 1.